The average Bonchev–Trinajstić information content (AvgIpc) is 3.50. The lowest BCUT2D eigenvalue weighted by molar-refractivity contribution is 0.115. The molecule has 5 rings (SSSR count). The molecule has 3 N–H and O–H groups in total. The van der Waals surface area contributed by atoms with Gasteiger partial charge in [-0.2, -0.15) is 5.10 Å². The number of urea groups is 1. The lowest BCUT2D eigenvalue weighted by Gasteiger charge is -2.38. The fourth-order valence-corrected chi connectivity index (χ4v) is 5.01. The van der Waals surface area contributed by atoms with Crippen molar-refractivity contribution in [2.75, 3.05) is 37.2 Å². The predicted molar refractivity (Wildman–Crippen MR) is 133 cm³/mol. The number of nitrogens with zero attached hydrogens (tertiary/aromatic N) is 4. The van der Waals surface area contributed by atoms with Crippen molar-refractivity contribution in [3.05, 3.63) is 59.4 Å². The van der Waals surface area contributed by atoms with Crippen LogP contribution in [0, 0.1) is 5.82 Å². The van der Waals surface area contributed by atoms with E-state index in [4.69, 9.17) is 17.3 Å². The van der Waals surface area contributed by atoms with Crippen molar-refractivity contribution in [3.8, 4) is 16.9 Å². The second kappa shape index (κ2) is 9.64. The molecule has 0 unspecified atom stereocenters. The van der Waals surface area contributed by atoms with Crippen LogP contribution in [-0.2, 0) is 0 Å². The van der Waals surface area contributed by atoms with Crippen LogP contribution in [0.1, 0.15) is 25.7 Å². The first-order valence-corrected chi connectivity index (χ1v) is 12.1. The van der Waals surface area contributed by atoms with Crippen LogP contribution in [-0.4, -0.2) is 57.8 Å². The molecular formula is C25H28ClFN6O. The summed E-state index contributed by atoms with van der Waals surface area (Å²) in [4.78, 5) is 17.5. The zero-order valence-corrected chi connectivity index (χ0v) is 19.6. The van der Waals surface area contributed by atoms with E-state index < -0.39 is 0 Å². The molecule has 2 aromatic carbocycles. The van der Waals surface area contributed by atoms with Crippen molar-refractivity contribution in [1.82, 2.24) is 19.6 Å². The maximum absolute atomic E-state index is 13.5. The van der Waals surface area contributed by atoms with E-state index in [2.05, 4.69) is 15.3 Å². The van der Waals surface area contributed by atoms with Crippen LogP contribution in [0.2, 0.25) is 5.02 Å². The van der Waals surface area contributed by atoms with Crippen LogP contribution in [0.15, 0.2) is 48.5 Å². The van der Waals surface area contributed by atoms with Crippen LogP contribution >= 0.6 is 11.6 Å². The Bertz CT molecular complexity index is 1150. The van der Waals surface area contributed by atoms with E-state index in [1.54, 1.807) is 24.3 Å². The zero-order chi connectivity index (χ0) is 23.7. The lowest BCUT2D eigenvalue weighted by atomic mass is 10.1. The van der Waals surface area contributed by atoms with Gasteiger partial charge in [0.25, 0.3) is 0 Å². The number of nitrogen functional groups attached to an aromatic ring is 1. The molecule has 178 valence electrons. The van der Waals surface area contributed by atoms with Gasteiger partial charge in [0, 0.05) is 42.8 Å². The summed E-state index contributed by atoms with van der Waals surface area (Å²) in [5.74, 6) is -0.0767. The Kier molecular flexibility index (Phi) is 6.43. The molecule has 3 aromatic rings. The molecule has 1 saturated heterocycles. The van der Waals surface area contributed by atoms with Crippen LogP contribution in [0.4, 0.5) is 20.7 Å². The molecule has 0 atom stereocenters. The number of rotatable bonds is 4. The summed E-state index contributed by atoms with van der Waals surface area (Å²) in [6.07, 6.45) is 5.12. The van der Waals surface area contributed by atoms with Crippen LogP contribution in [0.5, 0.6) is 0 Å². The number of nitrogens with one attached hydrogen (secondary N) is 1. The number of halogens is 2. The minimum atomic E-state index is -0.349. The molecule has 0 spiro atoms. The van der Waals surface area contributed by atoms with Crippen molar-refractivity contribution in [2.45, 2.75) is 31.7 Å². The van der Waals surface area contributed by atoms with Crippen molar-refractivity contribution in [3.63, 3.8) is 0 Å². The number of hydrogen-bond acceptors (Lipinski definition) is 4. The third-order valence-electron chi connectivity index (χ3n) is 6.78. The Morgan fingerprint density at radius 1 is 1.00 bits per heavy atom. The molecule has 2 heterocycles. The maximum atomic E-state index is 13.5. The number of piperazine rings is 1. The van der Waals surface area contributed by atoms with Gasteiger partial charge in [-0.1, -0.05) is 36.6 Å². The van der Waals surface area contributed by atoms with E-state index >= 15 is 0 Å². The molecule has 2 amide bonds. The highest BCUT2D eigenvalue weighted by Gasteiger charge is 2.29. The second-order valence-corrected chi connectivity index (χ2v) is 9.33. The summed E-state index contributed by atoms with van der Waals surface area (Å²) in [5, 5.41) is 8.26. The highest BCUT2D eigenvalue weighted by atomic mass is 35.5. The lowest BCUT2D eigenvalue weighted by Crippen LogP contribution is -2.52. The number of aromatic nitrogens is 2. The fraction of sp³-hybridized carbons (Fsp3) is 0.360. The first kappa shape index (κ1) is 22.7. The van der Waals surface area contributed by atoms with E-state index in [1.807, 2.05) is 17.0 Å². The number of benzene rings is 2. The molecule has 2 fully saturated rings. The highest BCUT2D eigenvalue weighted by molar-refractivity contribution is 6.30. The molecule has 7 nitrogen and oxygen atoms in total. The Morgan fingerprint density at radius 2 is 1.65 bits per heavy atom. The van der Waals surface area contributed by atoms with Crippen molar-refractivity contribution in [2.24, 2.45) is 0 Å². The number of nitrogens with two attached hydrogens (primary N) is 1. The third-order valence-corrected chi connectivity index (χ3v) is 7.04. The average molecular weight is 483 g/mol. The predicted octanol–water partition coefficient (Wildman–Crippen LogP) is 5.01. The summed E-state index contributed by atoms with van der Waals surface area (Å²) in [6.45, 7) is 3.11. The van der Waals surface area contributed by atoms with Gasteiger partial charge in [-0.25, -0.2) is 13.9 Å². The Morgan fingerprint density at radius 3 is 2.29 bits per heavy atom. The van der Waals surface area contributed by atoms with Gasteiger partial charge in [-0.05, 0) is 49.2 Å². The van der Waals surface area contributed by atoms with E-state index in [0.717, 1.165) is 18.7 Å². The Hall–Kier alpha value is -3.10. The molecule has 0 bridgehead atoms. The molecule has 1 aliphatic heterocycles. The molecule has 2 aliphatic rings. The van der Waals surface area contributed by atoms with Crippen LogP contribution in [0.25, 0.3) is 16.9 Å². The fourth-order valence-electron chi connectivity index (χ4n) is 4.89. The van der Waals surface area contributed by atoms with E-state index in [9.17, 15) is 9.18 Å². The molecule has 34 heavy (non-hydrogen) atoms. The van der Waals surface area contributed by atoms with Gasteiger partial charge in [0.15, 0.2) is 5.82 Å². The van der Waals surface area contributed by atoms with Gasteiger partial charge in [0.05, 0.1) is 5.69 Å². The minimum absolute atomic E-state index is 0.202. The standard InChI is InChI=1S/C25H28ClFN6O/c26-18-7-5-17(6-8-18)22-23(24(28)33(30-22)21-11-9-19(27)10-12-21)29-25(34)32-15-13-31(14-16-32)20-3-1-2-4-20/h5-12,20H,1-4,13-16,28H2,(H,29,34). The first-order chi connectivity index (χ1) is 16.5. The second-order valence-electron chi connectivity index (χ2n) is 8.90. The minimum Gasteiger partial charge on any atom is -0.382 e. The van der Waals surface area contributed by atoms with E-state index in [1.165, 1.54) is 42.5 Å². The zero-order valence-electron chi connectivity index (χ0n) is 18.9. The molecule has 1 aliphatic carbocycles. The number of carbonyl (C=O) groups excluding carboxylic acids is 1. The largest absolute Gasteiger partial charge is 0.382 e. The van der Waals surface area contributed by atoms with Crippen LogP contribution in [0.3, 0.4) is 0 Å². The summed E-state index contributed by atoms with van der Waals surface area (Å²) in [5.41, 5.74) is 8.77. The normalized spacial score (nSPS) is 17.3. The number of hydrogen-bond donors (Lipinski definition) is 2. The maximum Gasteiger partial charge on any atom is 0.322 e. The molecule has 0 radical (unpaired) electrons. The smallest absolute Gasteiger partial charge is 0.322 e. The monoisotopic (exact) mass is 482 g/mol. The quantitative estimate of drug-likeness (QED) is 0.548. The van der Waals surface area contributed by atoms with Crippen molar-refractivity contribution in [1.29, 1.82) is 0 Å². The first-order valence-electron chi connectivity index (χ1n) is 11.7. The van der Waals surface area contributed by atoms with E-state index in [0.29, 0.717) is 41.2 Å². The Balaban J connectivity index is 1.40. The number of anilines is 2. The SMILES string of the molecule is Nc1c(NC(=O)N2CCN(C3CCCC3)CC2)c(-c2ccc(Cl)cc2)nn1-c1ccc(F)cc1. The highest BCUT2D eigenvalue weighted by Crippen LogP contribution is 2.35. The van der Waals surface area contributed by atoms with Crippen LogP contribution < -0.4 is 11.1 Å². The van der Waals surface area contributed by atoms with Crippen molar-refractivity contribution < 1.29 is 9.18 Å². The van der Waals surface area contributed by atoms with Gasteiger partial charge < -0.3 is 16.0 Å². The summed E-state index contributed by atoms with van der Waals surface area (Å²) >= 11 is 6.06. The number of carbonyl (C=O) groups is 1. The van der Waals surface area contributed by atoms with Crippen molar-refractivity contribution >= 4 is 29.1 Å². The summed E-state index contributed by atoms with van der Waals surface area (Å²) in [6, 6.07) is 13.5. The summed E-state index contributed by atoms with van der Waals surface area (Å²) < 4.78 is 15.0. The molecule has 1 aromatic heterocycles. The number of amides is 2. The van der Waals surface area contributed by atoms with Gasteiger partial charge >= 0.3 is 6.03 Å². The molecular weight excluding hydrogens is 455 g/mol. The molecule has 1 saturated carbocycles. The molecule has 9 heteroatoms. The van der Waals surface area contributed by atoms with E-state index in [-0.39, 0.29) is 17.7 Å². The van der Waals surface area contributed by atoms with Gasteiger partial charge in [0.2, 0.25) is 0 Å². The Labute approximate surface area is 203 Å². The summed E-state index contributed by atoms with van der Waals surface area (Å²) in [7, 11) is 0. The van der Waals surface area contributed by atoms with Gasteiger partial charge in [0.1, 0.15) is 17.2 Å². The van der Waals surface area contributed by atoms with Gasteiger partial charge in [-0.3, -0.25) is 4.90 Å². The topological polar surface area (TPSA) is 79.4 Å². The third kappa shape index (κ3) is 4.60. The van der Waals surface area contributed by atoms with Gasteiger partial charge in [-0.15, -0.1) is 0 Å².